The highest BCUT2D eigenvalue weighted by molar-refractivity contribution is 7.16. The average molecular weight is 247 g/mol. The maximum atomic E-state index is 4.53. The zero-order valence-corrected chi connectivity index (χ0v) is 11.6. The molecule has 1 unspecified atom stereocenters. The van der Waals surface area contributed by atoms with Crippen molar-refractivity contribution in [1.82, 2.24) is 4.98 Å². The molecule has 0 aliphatic rings. The van der Waals surface area contributed by atoms with Crippen molar-refractivity contribution >= 4 is 21.6 Å². The van der Waals surface area contributed by atoms with Crippen LogP contribution >= 0.6 is 11.3 Å². The summed E-state index contributed by atoms with van der Waals surface area (Å²) in [5.74, 6) is 0.642. The van der Waals surface area contributed by atoms with Gasteiger partial charge >= 0.3 is 0 Å². The SMILES string of the molecule is CCCCCCC(C)c1cnc2sccc2c1. The second-order valence-electron chi connectivity index (χ2n) is 4.83. The van der Waals surface area contributed by atoms with E-state index in [9.17, 15) is 0 Å². The van der Waals surface area contributed by atoms with Crippen molar-refractivity contribution in [3.8, 4) is 0 Å². The molecule has 0 aromatic carbocycles. The standard InChI is InChI=1S/C15H21NS/c1-3-4-5-6-7-12(2)14-10-13-8-9-17-15(13)16-11-14/h8-12H,3-7H2,1-2H3. The van der Waals surface area contributed by atoms with Crippen LogP contribution in [0.25, 0.3) is 10.2 Å². The highest BCUT2D eigenvalue weighted by Crippen LogP contribution is 2.26. The summed E-state index contributed by atoms with van der Waals surface area (Å²) < 4.78 is 0. The van der Waals surface area contributed by atoms with Gasteiger partial charge in [0.15, 0.2) is 0 Å². The summed E-state index contributed by atoms with van der Waals surface area (Å²) in [6.07, 6.45) is 8.75. The van der Waals surface area contributed by atoms with Crippen LogP contribution in [-0.4, -0.2) is 4.98 Å². The van der Waals surface area contributed by atoms with Gasteiger partial charge in [-0.25, -0.2) is 4.98 Å². The van der Waals surface area contributed by atoms with Crippen molar-refractivity contribution in [3.05, 3.63) is 29.3 Å². The molecule has 1 nitrogen and oxygen atoms in total. The zero-order chi connectivity index (χ0) is 12.1. The van der Waals surface area contributed by atoms with Crippen LogP contribution in [0, 0.1) is 0 Å². The minimum absolute atomic E-state index is 0.642. The van der Waals surface area contributed by atoms with E-state index in [2.05, 4.69) is 42.5 Å². The fourth-order valence-electron chi connectivity index (χ4n) is 2.19. The Balaban J connectivity index is 1.95. The molecule has 0 N–H and O–H groups in total. The van der Waals surface area contributed by atoms with Gasteiger partial charge in [-0.15, -0.1) is 11.3 Å². The molecule has 0 saturated carbocycles. The van der Waals surface area contributed by atoms with Crippen LogP contribution in [0.2, 0.25) is 0 Å². The number of rotatable bonds is 6. The van der Waals surface area contributed by atoms with E-state index in [0.29, 0.717) is 5.92 Å². The number of hydrogen-bond acceptors (Lipinski definition) is 2. The Morgan fingerprint density at radius 1 is 1.29 bits per heavy atom. The molecule has 0 aliphatic heterocycles. The first-order chi connectivity index (χ1) is 8.31. The van der Waals surface area contributed by atoms with Gasteiger partial charge in [0.25, 0.3) is 0 Å². The van der Waals surface area contributed by atoms with E-state index < -0.39 is 0 Å². The van der Waals surface area contributed by atoms with Gasteiger partial charge in [0, 0.05) is 11.6 Å². The molecular weight excluding hydrogens is 226 g/mol. The lowest BCUT2D eigenvalue weighted by atomic mass is 9.96. The first-order valence-corrected chi connectivity index (χ1v) is 7.52. The van der Waals surface area contributed by atoms with Crippen LogP contribution in [0.4, 0.5) is 0 Å². The maximum absolute atomic E-state index is 4.53. The number of unbranched alkanes of at least 4 members (excludes halogenated alkanes) is 3. The van der Waals surface area contributed by atoms with Crippen LogP contribution in [0.15, 0.2) is 23.7 Å². The zero-order valence-electron chi connectivity index (χ0n) is 10.8. The van der Waals surface area contributed by atoms with Gasteiger partial charge in [-0.3, -0.25) is 0 Å². The van der Waals surface area contributed by atoms with Crippen LogP contribution in [-0.2, 0) is 0 Å². The Morgan fingerprint density at radius 3 is 3.00 bits per heavy atom. The summed E-state index contributed by atoms with van der Waals surface area (Å²) in [6.45, 7) is 4.58. The summed E-state index contributed by atoms with van der Waals surface area (Å²) >= 11 is 1.72. The first kappa shape index (κ1) is 12.6. The summed E-state index contributed by atoms with van der Waals surface area (Å²) in [6, 6.07) is 4.48. The third-order valence-corrected chi connectivity index (χ3v) is 4.22. The smallest absolute Gasteiger partial charge is 0.123 e. The topological polar surface area (TPSA) is 12.9 Å². The Hall–Kier alpha value is -0.890. The molecule has 0 saturated heterocycles. The molecule has 2 rings (SSSR count). The lowest BCUT2D eigenvalue weighted by Gasteiger charge is -2.11. The maximum Gasteiger partial charge on any atom is 0.123 e. The van der Waals surface area contributed by atoms with Gasteiger partial charge in [-0.2, -0.15) is 0 Å². The quantitative estimate of drug-likeness (QED) is 0.625. The summed E-state index contributed by atoms with van der Waals surface area (Å²) in [7, 11) is 0. The van der Waals surface area contributed by atoms with Gasteiger partial charge in [0.1, 0.15) is 4.83 Å². The van der Waals surface area contributed by atoms with Crippen molar-refractivity contribution in [2.24, 2.45) is 0 Å². The van der Waals surface area contributed by atoms with Crippen LogP contribution in [0.3, 0.4) is 0 Å². The molecule has 0 aliphatic carbocycles. The highest BCUT2D eigenvalue weighted by Gasteiger charge is 2.07. The number of hydrogen-bond donors (Lipinski definition) is 0. The summed E-state index contributed by atoms with van der Waals surface area (Å²) in [5.41, 5.74) is 1.40. The van der Waals surface area contributed by atoms with E-state index in [4.69, 9.17) is 0 Å². The number of nitrogens with zero attached hydrogens (tertiary/aromatic N) is 1. The average Bonchev–Trinajstić information content (AvgIpc) is 2.81. The molecule has 0 fully saturated rings. The Kier molecular flexibility index (Phi) is 4.55. The molecule has 2 heteroatoms. The second kappa shape index (κ2) is 6.15. The minimum atomic E-state index is 0.642. The lowest BCUT2D eigenvalue weighted by molar-refractivity contribution is 0.579. The van der Waals surface area contributed by atoms with Gasteiger partial charge < -0.3 is 0 Å². The number of aromatic nitrogens is 1. The fraction of sp³-hybridized carbons (Fsp3) is 0.533. The molecule has 0 spiro atoms. The third-order valence-electron chi connectivity index (χ3n) is 3.39. The minimum Gasteiger partial charge on any atom is -0.245 e. The molecule has 17 heavy (non-hydrogen) atoms. The van der Waals surface area contributed by atoms with E-state index in [0.717, 1.165) is 4.83 Å². The first-order valence-electron chi connectivity index (χ1n) is 6.64. The van der Waals surface area contributed by atoms with Crippen molar-refractivity contribution in [1.29, 1.82) is 0 Å². The van der Waals surface area contributed by atoms with Gasteiger partial charge in [0.05, 0.1) is 0 Å². The normalized spacial score (nSPS) is 13.1. The molecule has 1 atom stereocenters. The largest absolute Gasteiger partial charge is 0.245 e. The van der Waals surface area contributed by atoms with Crippen molar-refractivity contribution < 1.29 is 0 Å². The van der Waals surface area contributed by atoms with Crippen molar-refractivity contribution in [2.75, 3.05) is 0 Å². The highest BCUT2D eigenvalue weighted by atomic mass is 32.1. The predicted octanol–water partition coefficient (Wildman–Crippen LogP) is 5.37. The number of thiophene rings is 1. The predicted molar refractivity (Wildman–Crippen MR) is 76.8 cm³/mol. The molecule has 92 valence electrons. The Bertz CT molecular complexity index is 461. The van der Waals surface area contributed by atoms with E-state index in [-0.39, 0.29) is 0 Å². The third kappa shape index (κ3) is 3.29. The van der Waals surface area contributed by atoms with Crippen molar-refractivity contribution in [3.63, 3.8) is 0 Å². The molecule has 2 aromatic heterocycles. The lowest BCUT2D eigenvalue weighted by Crippen LogP contribution is -1.94. The molecule has 2 heterocycles. The van der Waals surface area contributed by atoms with E-state index in [1.54, 1.807) is 11.3 Å². The van der Waals surface area contributed by atoms with Gasteiger partial charge in [-0.05, 0) is 35.4 Å². The number of fused-ring (bicyclic) bond motifs is 1. The molecule has 0 bridgehead atoms. The van der Waals surface area contributed by atoms with Crippen LogP contribution in [0.5, 0.6) is 0 Å². The summed E-state index contributed by atoms with van der Waals surface area (Å²) in [4.78, 5) is 5.68. The van der Waals surface area contributed by atoms with Crippen molar-refractivity contribution in [2.45, 2.75) is 51.9 Å². The molecular formula is C15H21NS. The van der Waals surface area contributed by atoms with E-state index >= 15 is 0 Å². The molecule has 0 radical (unpaired) electrons. The monoisotopic (exact) mass is 247 g/mol. The molecule has 0 amide bonds. The van der Waals surface area contributed by atoms with E-state index in [1.807, 2.05) is 0 Å². The van der Waals surface area contributed by atoms with E-state index in [1.165, 1.54) is 43.1 Å². The number of pyridine rings is 1. The Morgan fingerprint density at radius 2 is 2.18 bits per heavy atom. The summed E-state index contributed by atoms with van der Waals surface area (Å²) in [5, 5.41) is 3.42. The Labute approximate surface area is 108 Å². The molecule has 2 aromatic rings. The van der Waals surface area contributed by atoms with Crippen LogP contribution < -0.4 is 0 Å². The van der Waals surface area contributed by atoms with Crippen LogP contribution in [0.1, 0.15) is 57.4 Å². The fourth-order valence-corrected chi connectivity index (χ4v) is 2.91. The van der Waals surface area contributed by atoms with Gasteiger partial charge in [0.2, 0.25) is 0 Å². The van der Waals surface area contributed by atoms with Gasteiger partial charge in [-0.1, -0.05) is 39.5 Å². The second-order valence-corrected chi connectivity index (χ2v) is 5.73.